The molecule has 0 saturated carbocycles. The molecular weight excluding hydrogens is 337 g/mol. The second-order valence-electron chi connectivity index (χ2n) is 3.75. The molecule has 0 heterocycles. The molecule has 0 atom stereocenters. The van der Waals surface area contributed by atoms with Crippen LogP contribution in [0, 0.1) is 5.82 Å². The van der Waals surface area contributed by atoms with Gasteiger partial charge in [0.1, 0.15) is 11.6 Å². The number of benzene rings is 2. The van der Waals surface area contributed by atoms with Gasteiger partial charge in [-0.3, -0.25) is 4.79 Å². The third-order valence-corrected chi connectivity index (χ3v) is 3.30. The summed E-state index contributed by atoms with van der Waals surface area (Å²) in [5.74, 6) is -0.908. The molecule has 98 valence electrons. The second-order valence-corrected chi connectivity index (χ2v) is 5.01. The van der Waals surface area contributed by atoms with Crippen molar-refractivity contribution >= 4 is 39.1 Å². The summed E-state index contributed by atoms with van der Waals surface area (Å²) in [6.07, 6.45) is 0. The van der Waals surface area contributed by atoms with E-state index in [0.29, 0.717) is 11.3 Å². The molecule has 19 heavy (non-hydrogen) atoms. The van der Waals surface area contributed by atoms with Gasteiger partial charge < -0.3 is 10.4 Å². The summed E-state index contributed by atoms with van der Waals surface area (Å²) >= 11 is 8.75. The molecule has 0 radical (unpaired) electrons. The number of phenols is 1. The molecule has 3 nitrogen and oxygen atoms in total. The summed E-state index contributed by atoms with van der Waals surface area (Å²) in [5, 5.41) is 12.0. The van der Waals surface area contributed by atoms with E-state index in [0.717, 1.165) is 0 Å². The van der Waals surface area contributed by atoms with Gasteiger partial charge in [0.15, 0.2) is 0 Å². The lowest BCUT2D eigenvalue weighted by atomic mass is 10.2. The Kier molecular flexibility index (Phi) is 4.07. The molecule has 0 unspecified atom stereocenters. The minimum Gasteiger partial charge on any atom is -0.506 e. The molecule has 0 aromatic heterocycles. The molecule has 0 spiro atoms. The molecule has 0 aliphatic rings. The first-order valence-corrected chi connectivity index (χ1v) is 6.39. The van der Waals surface area contributed by atoms with Gasteiger partial charge >= 0.3 is 0 Å². The number of aromatic hydroxyl groups is 1. The van der Waals surface area contributed by atoms with Crippen molar-refractivity contribution < 1.29 is 14.3 Å². The molecule has 2 N–H and O–H groups in total. The lowest BCUT2D eigenvalue weighted by molar-refractivity contribution is 0.102. The van der Waals surface area contributed by atoms with Crippen LogP contribution in [0.5, 0.6) is 5.75 Å². The van der Waals surface area contributed by atoms with E-state index in [9.17, 15) is 14.3 Å². The highest BCUT2D eigenvalue weighted by Crippen LogP contribution is 2.25. The van der Waals surface area contributed by atoms with Gasteiger partial charge in [-0.15, -0.1) is 0 Å². The fourth-order valence-corrected chi connectivity index (χ4v) is 1.98. The number of carbonyl (C=O) groups excluding carboxylic acids is 1. The first-order chi connectivity index (χ1) is 8.97. The van der Waals surface area contributed by atoms with E-state index < -0.39 is 11.7 Å². The first-order valence-electron chi connectivity index (χ1n) is 5.22. The number of phenolic OH excluding ortho intramolecular Hbond substituents is 1. The SMILES string of the molecule is O=C(Nc1ccc(F)c(Br)c1)c1ccc(O)c(Cl)c1. The molecule has 0 saturated heterocycles. The van der Waals surface area contributed by atoms with Crippen molar-refractivity contribution in [3.63, 3.8) is 0 Å². The van der Waals surface area contributed by atoms with Crippen LogP contribution in [0.3, 0.4) is 0 Å². The van der Waals surface area contributed by atoms with Crippen molar-refractivity contribution in [1.29, 1.82) is 0 Å². The largest absolute Gasteiger partial charge is 0.506 e. The number of anilines is 1. The highest BCUT2D eigenvalue weighted by atomic mass is 79.9. The van der Waals surface area contributed by atoms with E-state index in [2.05, 4.69) is 21.2 Å². The first kappa shape index (κ1) is 13.8. The molecule has 6 heteroatoms. The number of carbonyl (C=O) groups is 1. The fourth-order valence-electron chi connectivity index (χ4n) is 1.43. The predicted octanol–water partition coefficient (Wildman–Crippen LogP) is 4.20. The molecule has 2 aromatic carbocycles. The molecule has 2 rings (SSSR count). The van der Waals surface area contributed by atoms with Crippen molar-refractivity contribution in [2.75, 3.05) is 5.32 Å². The van der Waals surface area contributed by atoms with Crippen LogP contribution in [0.4, 0.5) is 10.1 Å². The predicted molar refractivity (Wildman–Crippen MR) is 75.2 cm³/mol. The Labute approximate surface area is 122 Å². The molecular formula is C13H8BrClFNO2. The number of rotatable bonds is 2. The second kappa shape index (κ2) is 5.59. The van der Waals surface area contributed by atoms with Gasteiger partial charge in [0.05, 0.1) is 9.50 Å². The lowest BCUT2D eigenvalue weighted by Crippen LogP contribution is -2.11. The monoisotopic (exact) mass is 343 g/mol. The summed E-state index contributed by atoms with van der Waals surface area (Å²) in [6, 6.07) is 8.26. The van der Waals surface area contributed by atoms with E-state index in [4.69, 9.17) is 11.6 Å². The summed E-state index contributed by atoms with van der Waals surface area (Å²) in [6.45, 7) is 0. The number of hydrogen-bond donors (Lipinski definition) is 2. The molecule has 0 aliphatic heterocycles. The van der Waals surface area contributed by atoms with E-state index in [1.165, 1.54) is 36.4 Å². The Morgan fingerprint density at radius 2 is 2.00 bits per heavy atom. The highest BCUT2D eigenvalue weighted by molar-refractivity contribution is 9.10. The molecule has 0 bridgehead atoms. The van der Waals surface area contributed by atoms with Gasteiger partial charge in [-0.05, 0) is 52.3 Å². The van der Waals surface area contributed by atoms with Crippen LogP contribution in [-0.2, 0) is 0 Å². The summed E-state index contributed by atoms with van der Waals surface area (Å²) in [5.41, 5.74) is 0.741. The van der Waals surface area contributed by atoms with Crippen molar-refractivity contribution in [3.8, 4) is 5.75 Å². The highest BCUT2D eigenvalue weighted by Gasteiger charge is 2.09. The average Bonchev–Trinajstić information content (AvgIpc) is 2.37. The van der Waals surface area contributed by atoms with Crippen LogP contribution < -0.4 is 5.32 Å². The number of halogens is 3. The maximum Gasteiger partial charge on any atom is 0.255 e. The van der Waals surface area contributed by atoms with Crippen LogP contribution >= 0.6 is 27.5 Å². The van der Waals surface area contributed by atoms with E-state index in [1.54, 1.807) is 0 Å². The van der Waals surface area contributed by atoms with E-state index in [1.807, 2.05) is 0 Å². The van der Waals surface area contributed by atoms with Crippen LogP contribution in [0.2, 0.25) is 5.02 Å². The Hall–Kier alpha value is -1.59. The van der Waals surface area contributed by atoms with Crippen LogP contribution in [0.25, 0.3) is 0 Å². The smallest absolute Gasteiger partial charge is 0.255 e. The molecule has 0 aliphatic carbocycles. The van der Waals surface area contributed by atoms with Gasteiger partial charge in [0, 0.05) is 11.3 Å². The Morgan fingerprint density at radius 3 is 2.63 bits per heavy atom. The Bertz CT molecular complexity index is 649. The fraction of sp³-hybridized carbons (Fsp3) is 0. The lowest BCUT2D eigenvalue weighted by Gasteiger charge is -2.07. The minimum absolute atomic E-state index is 0.0907. The number of hydrogen-bond acceptors (Lipinski definition) is 2. The summed E-state index contributed by atoms with van der Waals surface area (Å²) < 4.78 is 13.3. The number of amides is 1. The zero-order valence-electron chi connectivity index (χ0n) is 9.45. The maximum absolute atomic E-state index is 13.1. The maximum atomic E-state index is 13.1. The Balaban J connectivity index is 2.20. The average molecular weight is 345 g/mol. The van der Waals surface area contributed by atoms with Crippen LogP contribution in [0.15, 0.2) is 40.9 Å². The third kappa shape index (κ3) is 3.24. The van der Waals surface area contributed by atoms with Crippen LogP contribution in [-0.4, -0.2) is 11.0 Å². The van der Waals surface area contributed by atoms with Gasteiger partial charge in [0.25, 0.3) is 5.91 Å². The minimum atomic E-state index is -0.411. The Morgan fingerprint density at radius 1 is 1.26 bits per heavy atom. The van der Waals surface area contributed by atoms with E-state index >= 15 is 0 Å². The van der Waals surface area contributed by atoms with Gasteiger partial charge in [-0.1, -0.05) is 11.6 Å². The standard InChI is InChI=1S/C13H8BrClFNO2/c14-9-6-8(2-3-11(9)16)17-13(19)7-1-4-12(18)10(15)5-7/h1-6,18H,(H,17,19). The summed E-state index contributed by atoms with van der Waals surface area (Å²) in [7, 11) is 0. The van der Waals surface area contributed by atoms with Crippen molar-refractivity contribution in [2.24, 2.45) is 0 Å². The molecule has 0 fully saturated rings. The number of nitrogens with one attached hydrogen (secondary N) is 1. The third-order valence-electron chi connectivity index (χ3n) is 2.39. The van der Waals surface area contributed by atoms with Crippen molar-refractivity contribution in [2.45, 2.75) is 0 Å². The quantitative estimate of drug-likeness (QED) is 0.858. The molecule has 2 aromatic rings. The van der Waals surface area contributed by atoms with E-state index in [-0.39, 0.29) is 15.2 Å². The summed E-state index contributed by atoms with van der Waals surface area (Å²) in [4.78, 5) is 11.9. The zero-order chi connectivity index (χ0) is 14.0. The molecule has 1 amide bonds. The van der Waals surface area contributed by atoms with Gasteiger partial charge in [-0.2, -0.15) is 0 Å². The normalized spacial score (nSPS) is 10.3. The van der Waals surface area contributed by atoms with Gasteiger partial charge in [0.2, 0.25) is 0 Å². The van der Waals surface area contributed by atoms with Gasteiger partial charge in [-0.25, -0.2) is 4.39 Å². The zero-order valence-corrected chi connectivity index (χ0v) is 11.8. The van der Waals surface area contributed by atoms with Crippen molar-refractivity contribution in [1.82, 2.24) is 0 Å². The van der Waals surface area contributed by atoms with Crippen molar-refractivity contribution in [3.05, 3.63) is 57.3 Å². The van der Waals surface area contributed by atoms with Crippen LogP contribution in [0.1, 0.15) is 10.4 Å². The topological polar surface area (TPSA) is 49.3 Å².